The molecule has 1 rings (SSSR count). The third kappa shape index (κ3) is 2.16. The molecule has 0 radical (unpaired) electrons. The van der Waals surface area contributed by atoms with Crippen LogP contribution in [0, 0.1) is 0 Å². The Bertz CT molecular complexity index is 168. The van der Waals surface area contributed by atoms with Crippen LogP contribution < -0.4 is 0 Å². The van der Waals surface area contributed by atoms with Crippen LogP contribution in [0.1, 0.15) is 14.9 Å². The summed E-state index contributed by atoms with van der Waals surface area (Å²) in [6, 6.07) is 0. The van der Waals surface area contributed by atoms with Gasteiger partial charge in [-0.15, -0.1) is 0 Å². The molecule has 64 valence electrons. The standard InChI is InChI=1S/C5H5NO3.2CH4/c7-3-6-4(8)1-2-5(6)9;;/h1-2,7H,3H2;2*1H4. The second-order valence-electron chi connectivity index (χ2n) is 1.58. The van der Waals surface area contributed by atoms with Crippen molar-refractivity contribution < 1.29 is 14.7 Å². The van der Waals surface area contributed by atoms with E-state index in [0.717, 1.165) is 17.1 Å². The summed E-state index contributed by atoms with van der Waals surface area (Å²) in [5, 5.41) is 8.35. The van der Waals surface area contributed by atoms with Crippen LogP contribution in [0.4, 0.5) is 0 Å². The average Bonchev–Trinajstić information content (AvgIpc) is 2.12. The van der Waals surface area contributed by atoms with Crippen LogP contribution in [-0.2, 0) is 9.59 Å². The molecule has 1 aliphatic rings. The molecule has 0 saturated carbocycles. The van der Waals surface area contributed by atoms with Gasteiger partial charge < -0.3 is 5.11 Å². The van der Waals surface area contributed by atoms with Crippen LogP contribution in [0.15, 0.2) is 12.2 Å². The van der Waals surface area contributed by atoms with Gasteiger partial charge in [0.25, 0.3) is 11.8 Å². The van der Waals surface area contributed by atoms with E-state index in [4.69, 9.17) is 5.11 Å². The van der Waals surface area contributed by atoms with Crippen molar-refractivity contribution in [3.8, 4) is 0 Å². The number of imide groups is 1. The minimum absolute atomic E-state index is 0. The van der Waals surface area contributed by atoms with Gasteiger partial charge >= 0.3 is 0 Å². The van der Waals surface area contributed by atoms with E-state index < -0.39 is 18.5 Å². The highest BCUT2D eigenvalue weighted by molar-refractivity contribution is 6.12. The molecule has 0 aliphatic carbocycles. The van der Waals surface area contributed by atoms with Gasteiger partial charge in [-0.05, 0) is 0 Å². The van der Waals surface area contributed by atoms with Crippen molar-refractivity contribution in [3.05, 3.63) is 12.2 Å². The molecule has 0 bridgehead atoms. The monoisotopic (exact) mass is 159 g/mol. The van der Waals surface area contributed by atoms with Crippen LogP contribution in [0.3, 0.4) is 0 Å². The fourth-order valence-electron chi connectivity index (χ4n) is 0.571. The number of aliphatic hydroxyl groups is 1. The van der Waals surface area contributed by atoms with Gasteiger partial charge in [-0.3, -0.25) is 14.5 Å². The lowest BCUT2D eigenvalue weighted by atomic mass is 10.6. The largest absolute Gasteiger partial charge is 0.376 e. The van der Waals surface area contributed by atoms with Crippen LogP contribution in [0.2, 0.25) is 0 Å². The Morgan fingerprint density at radius 1 is 1.18 bits per heavy atom. The summed E-state index contributed by atoms with van der Waals surface area (Å²) < 4.78 is 0. The zero-order valence-electron chi connectivity index (χ0n) is 4.57. The highest BCUT2D eigenvalue weighted by Crippen LogP contribution is 1.99. The van der Waals surface area contributed by atoms with Crippen molar-refractivity contribution in [2.75, 3.05) is 6.73 Å². The van der Waals surface area contributed by atoms with E-state index in [1.807, 2.05) is 0 Å². The maximum absolute atomic E-state index is 10.5. The van der Waals surface area contributed by atoms with Crippen LogP contribution in [0.5, 0.6) is 0 Å². The zero-order chi connectivity index (χ0) is 6.85. The second kappa shape index (κ2) is 4.62. The molecule has 0 spiro atoms. The number of carbonyl (C=O) groups excluding carboxylic acids is 2. The Morgan fingerprint density at radius 2 is 1.55 bits per heavy atom. The summed E-state index contributed by atoms with van der Waals surface area (Å²) in [6.07, 6.45) is 2.25. The average molecular weight is 159 g/mol. The molecule has 0 aromatic carbocycles. The molecule has 1 heterocycles. The fraction of sp³-hybridized carbons (Fsp3) is 0.429. The molecule has 0 aromatic heterocycles. The number of aliphatic hydroxyl groups excluding tert-OH is 1. The summed E-state index contributed by atoms with van der Waals surface area (Å²) in [5.74, 6) is -0.912. The molecule has 0 saturated heterocycles. The lowest BCUT2D eigenvalue weighted by Gasteiger charge is -2.06. The van der Waals surface area contributed by atoms with E-state index in [1.54, 1.807) is 0 Å². The number of rotatable bonds is 1. The van der Waals surface area contributed by atoms with Gasteiger partial charge in [-0.25, -0.2) is 0 Å². The topological polar surface area (TPSA) is 57.6 Å². The maximum atomic E-state index is 10.5. The third-order valence-corrected chi connectivity index (χ3v) is 1.04. The molecule has 11 heavy (non-hydrogen) atoms. The van der Waals surface area contributed by atoms with Crippen molar-refractivity contribution >= 4 is 11.8 Å². The molecule has 0 aromatic rings. The lowest BCUT2D eigenvalue weighted by molar-refractivity contribution is -0.140. The van der Waals surface area contributed by atoms with Gasteiger partial charge in [-0.2, -0.15) is 0 Å². The predicted octanol–water partition coefficient (Wildman–Crippen LogP) is 0.133. The normalized spacial score (nSPS) is 14.5. The van der Waals surface area contributed by atoms with Gasteiger partial charge in [0.05, 0.1) is 0 Å². The highest BCUT2D eigenvalue weighted by atomic mass is 16.3. The highest BCUT2D eigenvalue weighted by Gasteiger charge is 2.21. The Kier molecular flexibility index (Phi) is 5.26. The Labute approximate surface area is 66.1 Å². The molecule has 4 heteroatoms. The van der Waals surface area contributed by atoms with E-state index in [0.29, 0.717) is 0 Å². The number of nitrogens with zero attached hydrogens (tertiary/aromatic N) is 1. The molecule has 0 fully saturated rings. The zero-order valence-corrected chi connectivity index (χ0v) is 4.57. The summed E-state index contributed by atoms with van der Waals surface area (Å²) in [6.45, 7) is -0.537. The Balaban J connectivity index is 0. The maximum Gasteiger partial charge on any atom is 0.255 e. The third-order valence-electron chi connectivity index (χ3n) is 1.04. The van der Waals surface area contributed by atoms with Crippen molar-refractivity contribution in [2.45, 2.75) is 14.9 Å². The molecule has 0 atom stereocenters. The van der Waals surface area contributed by atoms with Gasteiger partial charge in [0, 0.05) is 12.2 Å². The molecule has 2 amide bonds. The summed E-state index contributed by atoms with van der Waals surface area (Å²) in [4.78, 5) is 21.7. The van der Waals surface area contributed by atoms with Crippen LogP contribution >= 0.6 is 0 Å². The minimum Gasteiger partial charge on any atom is -0.376 e. The van der Waals surface area contributed by atoms with Crippen LogP contribution in [-0.4, -0.2) is 28.6 Å². The van der Waals surface area contributed by atoms with Crippen molar-refractivity contribution in [2.24, 2.45) is 0 Å². The lowest BCUT2D eigenvalue weighted by Crippen LogP contribution is -2.30. The summed E-state index contributed by atoms with van der Waals surface area (Å²) in [5.41, 5.74) is 0. The Morgan fingerprint density at radius 3 is 1.73 bits per heavy atom. The van der Waals surface area contributed by atoms with Crippen molar-refractivity contribution in [1.82, 2.24) is 4.90 Å². The van der Waals surface area contributed by atoms with Gasteiger partial charge in [-0.1, -0.05) is 14.9 Å². The van der Waals surface area contributed by atoms with Gasteiger partial charge in [0.2, 0.25) is 0 Å². The molecular weight excluding hydrogens is 146 g/mol. The smallest absolute Gasteiger partial charge is 0.255 e. The van der Waals surface area contributed by atoms with Gasteiger partial charge in [0.1, 0.15) is 6.73 Å². The first kappa shape index (κ1) is 12.5. The van der Waals surface area contributed by atoms with E-state index in [9.17, 15) is 9.59 Å². The number of hydrogen-bond donors (Lipinski definition) is 1. The first-order chi connectivity index (χ1) is 4.25. The van der Waals surface area contributed by atoms with Crippen molar-refractivity contribution in [1.29, 1.82) is 0 Å². The summed E-state index contributed by atoms with van der Waals surface area (Å²) >= 11 is 0. The Hall–Kier alpha value is -1.16. The first-order valence-electron chi connectivity index (χ1n) is 2.40. The number of hydrogen-bond acceptors (Lipinski definition) is 3. The van der Waals surface area contributed by atoms with Crippen molar-refractivity contribution in [3.63, 3.8) is 0 Å². The molecular formula is C7H13NO3. The predicted molar refractivity (Wildman–Crippen MR) is 41.5 cm³/mol. The number of carbonyl (C=O) groups is 2. The second-order valence-corrected chi connectivity index (χ2v) is 1.58. The van der Waals surface area contributed by atoms with Gasteiger partial charge in [0.15, 0.2) is 0 Å². The molecule has 0 unspecified atom stereocenters. The minimum atomic E-state index is -0.537. The first-order valence-corrected chi connectivity index (χ1v) is 2.40. The van der Waals surface area contributed by atoms with Crippen LogP contribution in [0.25, 0.3) is 0 Å². The van der Waals surface area contributed by atoms with E-state index >= 15 is 0 Å². The van der Waals surface area contributed by atoms with E-state index in [1.165, 1.54) is 0 Å². The molecule has 4 nitrogen and oxygen atoms in total. The quantitative estimate of drug-likeness (QED) is 0.553. The van der Waals surface area contributed by atoms with E-state index in [2.05, 4.69) is 0 Å². The fourth-order valence-corrected chi connectivity index (χ4v) is 0.571. The SMILES string of the molecule is C.C.O=C1C=CC(=O)N1CO. The molecule has 1 aliphatic heterocycles. The summed E-state index contributed by atoms with van der Waals surface area (Å²) in [7, 11) is 0. The molecule has 1 N–H and O–H groups in total. The number of amides is 2. The van der Waals surface area contributed by atoms with E-state index in [-0.39, 0.29) is 14.9 Å².